The zero-order chi connectivity index (χ0) is 14.7. The van der Waals surface area contributed by atoms with Crippen molar-refractivity contribution in [1.82, 2.24) is 9.97 Å². The van der Waals surface area contributed by atoms with Crippen LogP contribution < -0.4 is 15.7 Å². The molecule has 0 bridgehead atoms. The number of rotatable bonds is 4. The van der Waals surface area contributed by atoms with Crippen LogP contribution in [0.3, 0.4) is 0 Å². The van der Waals surface area contributed by atoms with E-state index >= 15 is 0 Å². The lowest BCUT2D eigenvalue weighted by molar-refractivity contribution is -0.385. The van der Waals surface area contributed by atoms with Crippen molar-refractivity contribution in [3.63, 3.8) is 0 Å². The molecule has 1 aromatic carbocycles. The lowest BCUT2D eigenvalue weighted by Crippen LogP contribution is -2.16. The number of hydrogen-bond donors (Lipinski definition) is 2. The van der Waals surface area contributed by atoms with Crippen molar-refractivity contribution in [3.05, 3.63) is 50.6 Å². The number of anilines is 2. The predicted molar refractivity (Wildman–Crippen MR) is 72.5 cm³/mol. The summed E-state index contributed by atoms with van der Waals surface area (Å²) < 4.78 is 5.13. The molecule has 0 saturated heterocycles. The molecule has 8 nitrogen and oxygen atoms in total. The maximum absolute atomic E-state index is 11.4. The third-order valence-electron chi connectivity index (χ3n) is 2.63. The average Bonchev–Trinajstić information content (AvgIpc) is 2.38. The largest absolute Gasteiger partial charge is 0.495 e. The number of aromatic nitrogens is 2. The van der Waals surface area contributed by atoms with Gasteiger partial charge in [0.15, 0.2) is 0 Å². The van der Waals surface area contributed by atoms with E-state index < -0.39 is 10.6 Å². The van der Waals surface area contributed by atoms with Gasteiger partial charge in [0.25, 0.3) is 0 Å². The molecule has 20 heavy (non-hydrogen) atoms. The maximum Gasteiger partial charge on any atom is 0.347 e. The number of hydrogen-bond acceptors (Lipinski definition) is 6. The summed E-state index contributed by atoms with van der Waals surface area (Å²) in [7, 11) is 1.48. The molecule has 0 aliphatic heterocycles. The summed E-state index contributed by atoms with van der Waals surface area (Å²) in [6.07, 6.45) is 0. The van der Waals surface area contributed by atoms with E-state index in [2.05, 4.69) is 15.3 Å². The Morgan fingerprint density at radius 2 is 2.10 bits per heavy atom. The Morgan fingerprint density at radius 1 is 1.40 bits per heavy atom. The van der Waals surface area contributed by atoms with Gasteiger partial charge >= 0.3 is 11.4 Å². The van der Waals surface area contributed by atoms with E-state index in [9.17, 15) is 14.9 Å². The first-order valence-corrected chi connectivity index (χ1v) is 5.68. The van der Waals surface area contributed by atoms with Gasteiger partial charge in [0.2, 0.25) is 5.82 Å². The van der Waals surface area contributed by atoms with Gasteiger partial charge in [-0.15, -0.1) is 0 Å². The number of H-pyrrole nitrogens is 1. The van der Waals surface area contributed by atoms with Crippen LogP contribution in [0.5, 0.6) is 5.75 Å². The first-order valence-electron chi connectivity index (χ1n) is 5.68. The number of benzene rings is 1. The van der Waals surface area contributed by atoms with Gasteiger partial charge in [-0.3, -0.25) is 10.1 Å². The molecule has 0 amide bonds. The lowest BCUT2D eigenvalue weighted by atomic mass is 10.2. The smallest absolute Gasteiger partial charge is 0.347 e. The molecule has 1 aromatic heterocycles. The molecule has 0 aliphatic rings. The van der Waals surface area contributed by atoms with Crippen molar-refractivity contribution in [2.45, 2.75) is 6.92 Å². The van der Waals surface area contributed by atoms with Crippen LogP contribution in [0.1, 0.15) is 5.69 Å². The fourth-order valence-electron chi connectivity index (χ4n) is 1.77. The van der Waals surface area contributed by atoms with Crippen molar-refractivity contribution >= 4 is 17.2 Å². The quantitative estimate of drug-likeness (QED) is 0.650. The standard InChI is InChI=1S/C12H12N4O4/c1-7-10(16(18)19)11(15-12(17)13-7)14-8-5-3-4-6-9(8)20-2/h3-6H,1-2H3,(H2,13,14,15,17). The van der Waals surface area contributed by atoms with Crippen LogP contribution in [0.2, 0.25) is 0 Å². The number of nitro groups is 1. The Bertz CT molecular complexity index is 711. The predicted octanol–water partition coefficient (Wildman–Crippen LogP) is 1.74. The topological polar surface area (TPSA) is 110 Å². The van der Waals surface area contributed by atoms with Gasteiger partial charge in [-0.1, -0.05) is 12.1 Å². The van der Waals surface area contributed by atoms with Gasteiger partial charge in [0, 0.05) is 0 Å². The highest BCUT2D eigenvalue weighted by Gasteiger charge is 2.21. The summed E-state index contributed by atoms with van der Waals surface area (Å²) in [5.74, 6) is 0.363. The van der Waals surface area contributed by atoms with E-state index in [1.165, 1.54) is 14.0 Å². The van der Waals surface area contributed by atoms with Crippen LogP contribution in [0.4, 0.5) is 17.2 Å². The summed E-state index contributed by atoms with van der Waals surface area (Å²) in [4.78, 5) is 27.7. The Labute approximate surface area is 113 Å². The minimum Gasteiger partial charge on any atom is -0.495 e. The van der Waals surface area contributed by atoms with Crippen molar-refractivity contribution in [2.75, 3.05) is 12.4 Å². The summed E-state index contributed by atoms with van der Waals surface area (Å²) in [5.41, 5.74) is -0.330. The lowest BCUT2D eigenvalue weighted by Gasteiger charge is -2.10. The molecular formula is C12H12N4O4. The van der Waals surface area contributed by atoms with Gasteiger partial charge in [-0.05, 0) is 19.1 Å². The average molecular weight is 276 g/mol. The van der Waals surface area contributed by atoms with E-state index in [1.807, 2.05) is 0 Å². The fraction of sp³-hybridized carbons (Fsp3) is 0.167. The molecule has 0 radical (unpaired) electrons. The Kier molecular flexibility index (Phi) is 3.65. The summed E-state index contributed by atoms with van der Waals surface area (Å²) in [6, 6.07) is 6.85. The van der Waals surface area contributed by atoms with Crippen LogP contribution >= 0.6 is 0 Å². The number of aromatic amines is 1. The SMILES string of the molecule is COc1ccccc1Nc1nc(=O)[nH]c(C)c1[N+](=O)[O-]. The molecule has 1 heterocycles. The molecule has 0 spiro atoms. The Hall–Kier alpha value is -2.90. The minimum absolute atomic E-state index is 0.124. The highest BCUT2D eigenvalue weighted by molar-refractivity contribution is 5.70. The summed E-state index contributed by atoms with van der Waals surface area (Å²) >= 11 is 0. The molecule has 2 aromatic rings. The van der Waals surface area contributed by atoms with Gasteiger partial charge < -0.3 is 15.0 Å². The molecule has 104 valence electrons. The minimum atomic E-state index is -0.662. The first-order chi connectivity index (χ1) is 9.52. The van der Waals surface area contributed by atoms with Crippen LogP contribution in [0, 0.1) is 17.0 Å². The van der Waals surface area contributed by atoms with E-state index in [-0.39, 0.29) is 17.2 Å². The number of methoxy groups -OCH3 is 1. The Morgan fingerprint density at radius 3 is 2.75 bits per heavy atom. The van der Waals surface area contributed by atoms with Crippen molar-refractivity contribution in [2.24, 2.45) is 0 Å². The van der Waals surface area contributed by atoms with Crippen LogP contribution in [0.25, 0.3) is 0 Å². The van der Waals surface area contributed by atoms with E-state index in [0.717, 1.165) is 0 Å². The van der Waals surface area contributed by atoms with Crippen molar-refractivity contribution in [1.29, 1.82) is 0 Å². The zero-order valence-corrected chi connectivity index (χ0v) is 10.8. The van der Waals surface area contributed by atoms with Gasteiger partial charge in [-0.2, -0.15) is 4.98 Å². The second kappa shape index (κ2) is 5.39. The first kappa shape index (κ1) is 13.5. The zero-order valence-electron chi connectivity index (χ0n) is 10.8. The molecule has 0 unspecified atom stereocenters. The molecule has 2 rings (SSSR count). The van der Waals surface area contributed by atoms with Crippen LogP contribution in [-0.2, 0) is 0 Å². The number of ether oxygens (including phenoxy) is 1. The van der Waals surface area contributed by atoms with Gasteiger partial charge in [-0.25, -0.2) is 4.79 Å². The fourth-order valence-corrected chi connectivity index (χ4v) is 1.77. The molecule has 8 heteroatoms. The van der Waals surface area contributed by atoms with Gasteiger partial charge in [0.05, 0.1) is 23.4 Å². The highest BCUT2D eigenvalue weighted by atomic mass is 16.6. The molecule has 0 atom stereocenters. The number of aryl methyl sites for hydroxylation is 1. The number of nitrogens with one attached hydrogen (secondary N) is 2. The Balaban J connectivity index is 2.53. The van der Waals surface area contributed by atoms with Crippen LogP contribution in [0.15, 0.2) is 29.1 Å². The van der Waals surface area contributed by atoms with E-state index in [4.69, 9.17) is 4.74 Å². The molecular weight excluding hydrogens is 264 g/mol. The summed E-state index contributed by atoms with van der Waals surface area (Å²) in [5, 5.41) is 13.8. The molecule has 2 N–H and O–H groups in total. The third-order valence-corrected chi connectivity index (χ3v) is 2.63. The monoisotopic (exact) mass is 276 g/mol. The summed E-state index contributed by atoms with van der Waals surface area (Å²) in [6.45, 7) is 1.44. The van der Waals surface area contributed by atoms with E-state index in [0.29, 0.717) is 11.4 Å². The third kappa shape index (κ3) is 2.58. The van der Waals surface area contributed by atoms with E-state index in [1.54, 1.807) is 24.3 Å². The number of nitrogens with zero attached hydrogens (tertiary/aromatic N) is 2. The van der Waals surface area contributed by atoms with Crippen LogP contribution in [-0.4, -0.2) is 22.0 Å². The molecule has 0 aliphatic carbocycles. The highest BCUT2D eigenvalue weighted by Crippen LogP contribution is 2.30. The second-order valence-electron chi connectivity index (χ2n) is 3.95. The molecule has 0 fully saturated rings. The second-order valence-corrected chi connectivity index (χ2v) is 3.95. The normalized spacial score (nSPS) is 10.1. The maximum atomic E-state index is 11.4. The van der Waals surface area contributed by atoms with Crippen molar-refractivity contribution in [3.8, 4) is 5.75 Å². The van der Waals surface area contributed by atoms with Gasteiger partial charge in [0.1, 0.15) is 5.75 Å². The number of para-hydroxylation sites is 2. The van der Waals surface area contributed by atoms with Crippen molar-refractivity contribution < 1.29 is 9.66 Å². The molecule has 0 saturated carbocycles.